The van der Waals surface area contributed by atoms with Gasteiger partial charge in [0.15, 0.2) is 0 Å². The highest BCUT2D eigenvalue weighted by atomic mass is 15.1. The molecule has 3 aromatic rings. The maximum atomic E-state index is 4.31. The lowest BCUT2D eigenvalue weighted by molar-refractivity contribution is 0.505. The SMILES string of the molecule is Cc1n[nH]c(C)c1-c1ccc(N2CCC(c3ccccc3)CC2)cc1. The number of anilines is 1. The molecular formula is C22H25N3. The maximum absolute atomic E-state index is 4.31. The van der Waals surface area contributed by atoms with Crippen LogP contribution in [0.2, 0.25) is 0 Å². The Balaban J connectivity index is 1.45. The second-order valence-electron chi connectivity index (χ2n) is 7.03. The molecule has 0 radical (unpaired) electrons. The number of aryl methyl sites for hydroxylation is 2. The summed E-state index contributed by atoms with van der Waals surface area (Å²) in [5, 5.41) is 7.38. The van der Waals surface area contributed by atoms with Crippen molar-refractivity contribution in [1.29, 1.82) is 0 Å². The summed E-state index contributed by atoms with van der Waals surface area (Å²) in [6.45, 7) is 6.39. The average molecular weight is 331 g/mol. The van der Waals surface area contributed by atoms with E-state index in [1.165, 1.54) is 35.2 Å². The maximum Gasteiger partial charge on any atom is 0.0672 e. The third kappa shape index (κ3) is 3.19. The first-order valence-corrected chi connectivity index (χ1v) is 9.14. The van der Waals surface area contributed by atoms with E-state index in [-0.39, 0.29) is 0 Å². The largest absolute Gasteiger partial charge is 0.371 e. The van der Waals surface area contributed by atoms with Crippen molar-refractivity contribution >= 4 is 5.69 Å². The van der Waals surface area contributed by atoms with E-state index in [2.05, 4.69) is 83.5 Å². The third-order valence-corrected chi connectivity index (χ3v) is 5.42. The molecule has 2 aromatic carbocycles. The van der Waals surface area contributed by atoms with Crippen molar-refractivity contribution in [1.82, 2.24) is 10.2 Å². The lowest BCUT2D eigenvalue weighted by Gasteiger charge is -2.34. The van der Waals surface area contributed by atoms with Gasteiger partial charge in [-0.25, -0.2) is 0 Å². The Morgan fingerprint density at radius 2 is 1.60 bits per heavy atom. The number of nitrogens with zero attached hydrogens (tertiary/aromatic N) is 2. The molecule has 1 N–H and O–H groups in total. The van der Waals surface area contributed by atoms with Crippen LogP contribution in [0, 0.1) is 13.8 Å². The van der Waals surface area contributed by atoms with Crippen LogP contribution in [0.15, 0.2) is 54.6 Å². The van der Waals surface area contributed by atoms with Crippen molar-refractivity contribution in [3.8, 4) is 11.1 Å². The summed E-state index contributed by atoms with van der Waals surface area (Å²) in [4.78, 5) is 2.51. The van der Waals surface area contributed by atoms with Gasteiger partial charge in [0.25, 0.3) is 0 Å². The summed E-state index contributed by atoms with van der Waals surface area (Å²) < 4.78 is 0. The third-order valence-electron chi connectivity index (χ3n) is 5.42. The van der Waals surface area contributed by atoms with E-state index >= 15 is 0 Å². The predicted octanol–water partition coefficient (Wildman–Crippen LogP) is 5.08. The molecule has 1 aromatic heterocycles. The zero-order valence-corrected chi connectivity index (χ0v) is 15.0. The molecule has 0 unspecified atom stereocenters. The van der Waals surface area contributed by atoms with E-state index in [0.717, 1.165) is 24.5 Å². The molecule has 3 nitrogen and oxygen atoms in total. The number of hydrogen-bond acceptors (Lipinski definition) is 2. The quantitative estimate of drug-likeness (QED) is 0.726. The van der Waals surface area contributed by atoms with Crippen molar-refractivity contribution in [2.45, 2.75) is 32.6 Å². The molecule has 1 fully saturated rings. The lowest BCUT2D eigenvalue weighted by atomic mass is 9.89. The standard InChI is InChI=1S/C22H25N3/c1-16-22(17(2)24-23-16)20-8-10-21(11-9-20)25-14-12-19(13-15-25)18-6-4-3-5-7-18/h3-11,19H,12-15H2,1-2H3,(H,23,24). The molecule has 3 heteroatoms. The molecule has 25 heavy (non-hydrogen) atoms. The number of rotatable bonds is 3. The first-order chi connectivity index (χ1) is 12.2. The molecule has 1 saturated heterocycles. The van der Waals surface area contributed by atoms with Crippen LogP contribution in [0.4, 0.5) is 5.69 Å². The minimum Gasteiger partial charge on any atom is -0.371 e. The Hall–Kier alpha value is -2.55. The van der Waals surface area contributed by atoms with Gasteiger partial charge in [-0.2, -0.15) is 5.10 Å². The van der Waals surface area contributed by atoms with Gasteiger partial charge < -0.3 is 4.90 Å². The van der Waals surface area contributed by atoms with Crippen molar-refractivity contribution in [2.24, 2.45) is 0 Å². The van der Waals surface area contributed by atoms with Crippen LogP contribution in [0.3, 0.4) is 0 Å². The van der Waals surface area contributed by atoms with Crippen LogP contribution in [0.1, 0.15) is 35.7 Å². The number of H-pyrrole nitrogens is 1. The first kappa shape index (κ1) is 15.9. The van der Waals surface area contributed by atoms with Gasteiger partial charge >= 0.3 is 0 Å². The van der Waals surface area contributed by atoms with E-state index in [1.807, 2.05) is 0 Å². The summed E-state index contributed by atoms with van der Waals surface area (Å²) in [6, 6.07) is 19.9. The Kier molecular flexibility index (Phi) is 4.31. The van der Waals surface area contributed by atoms with Crippen LogP contribution < -0.4 is 4.90 Å². The summed E-state index contributed by atoms with van der Waals surface area (Å²) in [5.74, 6) is 0.702. The van der Waals surface area contributed by atoms with E-state index in [0.29, 0.717) is 5.92 Å². The van der Waals surface area contributed by atoms with Crippen LogP contribution in [0.5, 0.6) is 0 Å². The number of piperidine rings is 1. The number of benzene rings is 2. The fourth-order valence-electron chi connectivity index (χ4n) is 4.01. The molecule has 0 bridgehead atoms. The van der Waals surface area contributed by atoms with E-state index in [1.54, 1.807) is 0 Å². The number of aromatic nitrogens is 2. The molecule has 128 valence electrons. The topological polar surface area (TPSA) is 31.9 Å². The lowest BCUT2D eigenvalue weighted by Crippen LogP contribution is -2.32. The predicted molar refractivity (Wildman–Crippen MR) is 104 cm³/mol. The minimum atomic E-state index is 0.702. The van der Waals surface area contributed by atoms with Gasteiger partial charge in [0.05, 0.1) is 5.69 Å². The zero-order valence-electron chi connectivity index (χ0n) is 15.0. The number of aromatic amines is 1. The Morgan fingerprint density at radius 1 is 0.920 bits per heavy atom. The van der Waals surface area contributed by atoms with Crippen molar-refractivity contribution in [2.75, 3.05) is 18.0 Å². The monoisotopic (exact) mass is 331 g/mol. The van der Waals surface area contributed by atoms with Crippen LogP contribution in [-0.2, 0) is 0 Å². The summed E-state index contributed by atoms with van der Waals surface area (Å²) in [7, 11) is 0. The van der Waals surface area contributed by atoms with Gasteiger partial charge in [-0.05, 0) is 55.9 Å². The van der Waals surface area contributed by atoms with Crippen LogP contribution in [-0.4, -0.2) is 23.3 Å². The molecule has 0 atom stereocenters. The minimum absolute atomic E-state index is 0.702. The van der Waals surface area contributed by atoms with Crippen molar-refractivity contribution < 1.29 is 0 Å². The normalized spacial score (nSPS) is 15.5. The smallest absolute Gasteiger partial charge is 0.0672 e. The van der Waals surface area contributed by atoms with Crippen LogP contribution >= 0.6 is 0 Å². The molecule has 0 aliphatic carbocycles. The van der Waals surface area contributed by atoms with Gasteiger partial charge in [-0.15, -0.1) is 0 Å². The molecular weight excluding hydrogens is 306 g/mol. The molecule has 1 aliphatic heterocycles. The Labute approximate surface area is 149 Å². The fraction of sp³-hybridized carbons (Fsp3) is 0.318. The van der Waals surface area contributed by atoms with Gasteiger partial charge in [0.2, 0.25) is 0 Å². The van der Waals surface area contributed by atoms with Gasteiger partial charge in [-0.3, -0.25) is 5.10 Å². The summed E-state index contributed by atoms with van der Waals surface area (Å²) in [6.07, 6.45) is 2.46. The van der Waals surface area contributed by atoms with Gasteiger partial charge in [-0.1, -0.05) is 42.5 Å². The number of nitrogens with one attached hydrogen (secondary N) is 1. The van der Waals surface area contributed by atoms with Crippen LogP contribution in [0.25, 0.3) is 11.1 Å². The highest BCUT2D eigenvalue weighted by Gasteiger charge is 2.20. The van der Waals surface area contributed by atoms with Crippen molar-refractivity contribution in [3.05, 3.63) is 71.5 Å². The average Bonchev–Trinajstić information content (AvgIpc) is 3.01. The van der Waals surface area contributed by atoms with Crippen molar-refractivity contribution in [3.63, 3.8) is 0 Å². The molecule has 4 rings (SSSR count). The van der Waals surface area contributed by atoms with E-state index in [9.17, 15) is 0 Å². The second-order valence-corrected chi connectivity index (χ2v) is 7.03. The zero-order chi connectivity index (χ0) is 17.2. The molecule has 0 amide bonds. The highest BCUT2D eigenvalue weighted by molar-refractivity contribution is 5.70. The highest BCUT2D eigenvalue weighted by Crippen LogP contribution is 2.32. The second kappa shape index (κ2) is 6.75. The Morgan fingerprint density at radius 3 is 2.20 bits per heavy atom. The summed E-state index contributed by atoms with van der Waals surface area (Å²) >= 11 is 0. The molecule has 1 aliphatic rings. The van der Waals surface area contributed by atoms with E-state index in [4.69, 9.17) is 0 Å². The summed E-state index contributed by atoms with van der Waals surface area (Å²) in [5.41, 5.74) is 7.49. The fourth-order valence-corrected chi connectivity index (χ4v) is 4.01. The molecule has 2 heterocycles. The molecule has 0 saturated carbocycles. The Bertz CT molecular complexity index is 806. The van der Waals surface area contributed by atoms with E-state index < -0.39 is 0 Å². The van der Waals surface area contributed by atoms with Gasteiger partial charge in [0.1, 0.15) is 0 Å². The molecule has 0 spiro atoms. The number of hydrogen-bond donors (Lipinski definition) is 1. The first-order valence-electron chi connectivity index (χ1n) is 9.14. The van der Waals surface area contributed by atoms with Gasteiger partial charge in [0, 0.05) is 30.0 Å².